The van der Waals surface area contributed by atoms with Crippen molar-refractivity contribution in [2.24, 2.45) is 4.99 Å². The van der Waals surface area contributed by atoms with Gasteiger partial charge in [0.1, 0.15) is 5.75 Å². The molecule has 0 saturated heterocycles. The molecular formula is C19H18BrNO. The first-order chi connectivity index (χ1) is 10.7. The van der Waals surface area contributed by atoms with Gasteiger partial charge >= 0.3 is 0 Å². The van der Waals surface area contributed by atoms with Crippen molar-refractivity contribution in [2.45, 2.75) is 0 Å². The molecule has 2 rings (SSSR count). The molecule has 2 aromatic carbocycles. The van der Waals surface area contributed by atoms with Crippen molar-refractivity contribution in [2.75, 3.05) is 14.2 Å². The maximum absolute atomic E-state index is 5.57. The van der Waals surface area contributed by atoms with Crippen LogP contribution in [0.3, 0.4) is 0 Å². The minimum atomic E-state index is 0.817. The predicted molar refractivity (Wildman–Crippen MR) is 97.9 cm³/mol. The Bertz CT molecular complexity index is 732. The zero-order chi connectivity index (χ0) is 15.9. The first kappa shape index (κ1) is 16.2. The maximum atomic E-state index is 5.57. The van der Waals surface area contributed by atoms with E-state index in [9.17, 15) is 0 Å². The van der Waals surface area contributed by atoms with Crippen LogP contribution in [0.2, 0.25) is 0 Å². The maximum Gasteiger partial charge on any atom is 0.127 e. The molecule has 112 valence electrons. The van der Waals surface area contributed by atoms with Crippen molar-refractivity contribution < 1.29 is 4.74 Å². The molecule has 0 unspecified atom stereocenters. The Hall–Kier alpha value is -2.13. The van der Waals surface area contributed by atoms with Gasteiger partial charge < -0.3 is 4.74 Å². The van der Waals surface area contributed by atoms with Crippen LogP contribution < -0.4 is 4.74 Å². The van der Waals surface area contributed by atoms with Gasteiger partial charge in [0.15, 0.2) is 0 Å². The van der Waals surface area contributed by atoms with Gasteiger partial charge in [-0.1, -0.05) is 58.9 Å². The van der Waals surface area contributed by atoms with E-state index in [-0.39, 0.29) is 0 Å². The summed E-state index contributed by atoms with van der Waals surface area (Å²) in [6.45, 7) is 3.69. The average molecular weight is 356 g/mol. The van der Waals surface area contributed by atoms with E-state index < -0.39 is 0 Å². The Balaban J connectivity index is 2.51. The van der Waals surface area contributed by atoms with Crippen LogP contribution in [0.15, 0.2) is 76.7 Å². The zero-order valence-electron chi connectivity index (χ0n) is 12.7. The highest BCUT2D eigenvalue weighted by molar-refractivity contribution is 9.10. The van der Waals surface area contributed by atoms with Crippen molar-refractivity contribution >= 4 is 21.6 Å². The number of methoxy groups -OCH3 is 1. The van der Waals surface area contributed by atoms with E-state index in [1.54, 1.807) is 20.2 Å². The highest BCUT2D eigenvalue weighted by Gasteiger charge is 2.11. The molecular weight excluding hydrogens is 338 g/mol. The molecule has 0 bridgehead atoms. The number of hydrogen-bond acceptors (Lipinski definition) is 2. The number of benzene rings is 2. The summed E-state index contributed by atoms with van der Waals surface area (Å²) >= 11 is 3.59. The lowest BCUT2D eigenvalue weighted by molar-refractivity contribution is 0.416. The third-order valence-electron chi connectivity index (χ3n) is 3.29. The normalized spacial score (nSPS) is 11.7. The summed E-state index contributed by atoms with van der Waals surface area (Å²) in [5.41, 5.74) is 4.04. The first-order valence-electron chi connectivity index (χ1n) is 6.90. The van der Waals surface area contributed by atoms with E-state index in [4.69, 9.17) is 4.74 Å². The van der Waals surface area contributed by atoms with Gasteiger partial charge in [-0.2, -0.15) is 0 Å². The number of halogens is 1. The van der Waals surface area contributed by atoms with Crippen LogP contribution in [0.4, 0.5) is 0 Å². The SMILES string of the molecule is C=C/C=C\C(=NC)c1ccc(-c2ccccc2Br)c(OC)c1. The molecule has 0 aliphatic heterocycles. The van der Waals surface area contributed by atoms with Crippen molar-refractivity contribution in [3.05, 3.63) is 77.3 Å². The van der Waals surface area contributed by atoms with Gasteiger partial charge in [0.2, 0.25) is 0 Å². The Morgan fingerprint density at radius 1 is 1.18 bits per heavy atom. The third-order valence-corrected chi connectivity index (χ3v) is 3.98. The van der Waals surface area contributed by atoms with Crippen molar-refractivity contribution in [3.8, 4) is 16.9 Å². The fourth-order valence-electron chi connectivity index (χ4n) is 2.21. The van der Waals surface area contributed by atoms with Crippen LogP contribution in [0.1, 0.15) is 5.56 Å². The molecule has 0 fully saturated rings. The van der Waals surface area contributed by atoms with E-state index in [1.165, 1.54) is 0 Å². The molecule has 0 aliphatic rings. The minimum absolute atomic E-state index is 0.817. The number of aliphatic imine (C=N–C) groups is 1. The summed E-state index contributed by atoms with van der Waals surface area (Å²) in [7, 11) is 3.46. The Labute approximate surface area is 140 Å². The number of rotatable bonds is 5. The molecule has 0 saturated carbocycles. The number of hydrogen-bond donors (Lipinski definition) is 0. The van der Waals surface area contributed by atoms with Gasteiger partial charge in [-0.25, -0.2) is 0 Å². The molecule has 0 N–H and O–H groups in total. The second kappa shape index (κ2) is 7.76. The monoisotopic (exact) mass is 355 g/mol. The minimum Gasteiger partial charge on any atom is -0.496 e. The fraction of sp³-hybridized carbons (Fsp3) is 0.105. The van der Waals surface area contributed by atoms with E-state index in [1.807, 2.05) is 42.5 Å². The molecule has 0 aliphatic carbocycles. The van der Waals surface area contributed by atoms with Crippen molar-refractivity contribution in [1.29, 1.82) is 0 Å². The molecule has 0 amide bonds. The highest BCUT2D eigenvalue weighted by atomic mass is 79.9. The fourth-order valence-corrected chi connectivity index (χ4v) is 2.71. The number of nitrogens with zero attached hydrogens (tertiary/aromatic N) is 1. The van der Waals surface area contributed by atoms with Crippen LogP contribution in [0.25, 0.3) is 11.1 Å². The highest BCUT2D eigenvalue weighted by Crippen LogP contribution is 2.35. The molecule has 0 atom stereocenters. The average Bonchev–Trinajstić information content (AvgIpc) is 2.56. The smallest absolute Gasteiger partial charge is 0.127 e. The lowest BCUT2D eigenvalue weighted by atomic mass is 10.0. The van der Waals surface area contributed by atoms with Crippen LogP contribution in [-0.2, 0) is 0 Å². The lowest BCUT2D eigenvalue weighted by Crippen LogP contribution is -1.98. The molecule has 3 heteroatoms. The topological polar surface area (TPSA) is 21.6 Å². The van der Waals surface area contributed by atoms with Crippen molar-refractivity contribution in [3.63, 3.8) is 0 Å². The Kier molecular flexibility index (Phi) is 5.73. The van der Waals surface area contributed by atoms with Crippen LogP contribution >= 0.6 is 15.9 Å². The number of allylic oxidation sites excluding steroid dienone is 3. The molecule has 0 aromatic heterocycles. The van der Waals surface area contributed by atoms with Gasteiger partial charge in [0, 0.05) is 22.6 Å². The van der Waals surface area contributed by atoms with Crippen molar-refractivity contribution in [1.82, 2.24) is 0 Å². The van der Waals surface area contributed by atoms with Gasteiger partial charge in [0.05, 0.1) is 12.8 Å². The predicted octanol–water partition coefficient (Wildman–Crippen LogP) is 5.29. The Morgan fingerprint density at radius 3 is 2.59 bits per heavy atom. The summed E-state index contributed by atoms with van der Waals surface area (Å²) in [5, 5.41) is 0. The first-order valence-corrected chi connectivity index (χ1v) is 7.69. The largest absolute Gasteiger partial charge is 0.496 e. The summed E-state index contributed by atoms with van der Waals surface area (Å²) < 4.78 is 6.61. The zero-order valence-corrected chi connectivity index (χ0v) is 14.3. The summed E-state index contributed by atoms with van der Waals surface area (Å²) in [6.07, 6.45) is 5.54. The molecule has 0 radical (unpaired) electrons. The second-order valence-corrected chi connectivity index (χ2v) is 5.45. The standard InChI is InChI=1S/C19H18BrNO/c1-4-5-10-18(21-2)14-11-12-16(19(13-14)22-3)15-8-6-7-9-17(15)20/h4-13H,1H2,2-3H3/b10-5-,21-18?. The van der Waals surface area contributed by atoms with E-state index in [0.717, 1.165) is 32.6 Å². The molecule has 0 spiro atoms. The van der Waals surface area contributed by atoms with E-state index in [0.29, 0.717) is 0 Å². The molecule has 0 heterocycles. The molecule has 2 nitrogen and oxygen atoms in total. The molecule has 2 aromatic rings. The van der Waals surface area contributed by atoms with E-state index >= 15 is 0 Å². The molecule has 22 heavy (non-hydrogen) atoms. The van der Waals surface area contributed by atoms with Gasteiger partial charge in [-0.05, 0) is 29.8 Å². The summed E-state index contributed by atoms with van der Waals surface area (Å²) in [6, 6.07) is 14.2. The Morgan fingerprint density at radius 2 is 1.95 bits per heavy atom. The van der Waals surface area contributed by atoms with Gasteiger partial charge in [0.25, 0.3) is 0 Å². The quantitative estimate of drug-likeness (QED) is 0.527. The third kappa shape index (κ3) is 3.55. The lowest BCUT2D eigenvalue weighted by Gasteiger charge is -2.12. The summed E-state index contributed by atoms with van der Waals surface area (Å²) in [5.74, 6) is 0.817. The van der Waals surface area contributed by atoms with Gasteiger partial charge in [-0.15, -0.1) is 0 Å². The van der Waals surface area contributed by atoms with Crippen LogP contribution in [-0.4, -0.2) is 19.9 Å². The second-order valence-electron chi connectivity index (χ2n) is 4.60. The van der Waals surface area contributed by atoms with Crippen LogP contribution in [0.5, 0.6) is 5.75 Å². The van der Waals surface area contributed by atoms with Gasteiger partial charge in [-0.3, -0.25) is 4.99 Å². The number of ether oxygens (including phenoxy) is 1. The summed E-state index contributed by atoms with van der Waals surface area (Å²) in [4.78, 5) is 4.31. The van der Waals surface area contributed by atoms with Crippen LogP contribution in [0, 0.1) is 0 Å². The van der Waals surface area contributed by atoms with E-state index in [2.05, 4.69) is 39.6 Å².